The Hall–Kier alpha value is -0.780. The topological polar surface area (TPSA) is 24.1 Å². The van der Waals surface area contributed by atoms with Gasteiger partial charge in [-0.3, -0.25) is 0 Å². The normalized spacial score (nSPS) is 20.8. The largest absolute Gasteiger partial charge is 0.416 e. The molecule has 1 aliphatic heterocycles. The van der Waals surface area contributed by atoms with Gasteiger partial charge in [-0.2, -0.15) is 13.2 Å². The van der Waals surface area contributed by atoms with Crippen molar-refractivity contribution in [2.45, 2.75) is 12.2 Å². The molecule has 2 nitrogen and oxygen atoms in total. The van der Waals surface area contributed by atoms with Gasteiger partial charge >= 0.3 is 6.18 Å². The van der Waals surface area contributed by atoms with E-state index in [1.807, 2.05) is 0 Å². The molecule has 1 aliphatic rings. The predicted octanol–water partition coefficient (Wildman–Crippen LogP) is 2.36. The highest BCUT2D eigenvalue weighted by Crippen LogP contribution is 2.29. The van der Waals surface area contributed by atoms with Gasteiger partial charge in [0.05, 0.1) is 5.56 Å². The summed E-state index contributed by atoms with van der Waals surface area (Å²) in [5, 5.41) is 6.44. The summed E-state index contributed by atoms with van der Waals surface area (Å²) in [5.41, 5.74) is 0.292. The summed E-state index contributed by atoms with van der Waals surface area (Å²) in [6, 6.07) is 5.44. The van der Waals surface area contributed by atoms with Crippen LogP contribution >= 0.6 is 12.4 Å². The first-order chi connectivity index (χ1) is 7.57. The molecule has 1 saturated heterocycles. The van der Waals surface area contributed by atoms with Gasteiger partial charge in [-0.1, -0.05) is 12.1 Å². The van der Waals surface area contributed by atoms with Crippen molar-refractivity contribution >= 4 is 12.4 Å². The molecule has 0 aromatic heterocycles. The predicted molar refractivity (Wildman–Crippen MR) is 62.3 cm³/mol. The third-order valence-corrected chi connectivity index (χ3v) is 2.68. The lowest BCUT2D eigenvalue weighted by Gasteiger charge is -2.25. The molecule has 2 rings (SSSR count). The zero-order chi connectivity index (χ0) is 11.6. The lowest BCUT2D eigenvalue weighted by molar-refractivity contribution is -0.137. The first-order valence-corrected chi connectivity index (χ1v) is 5.18. The van der Waals surface area contributed by atoms with E-state index in [9.17, 15) is 13.2 Å². The minimum atomic E-state index is -4.25. The van der Waals surface area contributed by atoms with Crippen LogP contribution in [0.4, 0.5) is 13.2 Å². The van der Waals surface area contributed by atoms with Crippen molar-refractivity contribution in [3.8, 4) is 0 Å². The van der Waals surface area contributed by atoms with Crippen molar-refractivity contribution in [3.05, 3.63) is 35.4 Å². The molecule has 1 aromatic rings. The zero-order valence-electron chi connectivity index (χ0n) is 9.05. The first kappa shape index (κ1) is 14.3. The molecule has 17 heavy (non-hydrogen) atoms. The maximum atomic E-state index is 12.3. The molecule has 1 aromatic carbocycles. The number of hydrogen-bond acceptors (Lipinski definition) is 2. The molecule has 0 unspecified atom stereocenters. The van der Waals surface area contributed by atoms with E-state index in [4.69, 9.17) is 0 Å². The number of benzene rings is 1. The second-order valence-corrected chi connectivity index (χ2v) is 3.83. The van der Waals surface area contributed by atoms with E-state index in [0.717, 1.165) is 37.3 Å². The molecule has 1 atom stereocenters. The van der Waals surface area contributed by atoms with Gasteiger partial charge in [-0.25, -0.2) is 0 Å². The van der Waals surface area contributed by atoms with E-state index in [-0.39, 0.29) is 18.4 Å². The molecular formula is C11H14ClF3N2. The van der Waals surface area contributed by atoms with Gasteiger partial charge in [0, 0.05) is 25.7 Å². The summed E-state index contributed by atoms with van der Waals surface area (Å²) in [4.78, 5) is 0. The molecule has 1 fully saturated rings. The first-order valence-electron chi connectivity index (χ1n) is 5.18. The standard InChI is InChI=1S/C11H13F3N2.ClH/c12-11(13,14)9-3-1-8(2-4-9)10-7-15-5-6-16-10;/h1-4,10,15-16H,5-7H2;1H/t10-;/m1./s1. The van der Waals surface area contributed by atoms with E-state index >= 15 is 0 Å². The summed E-state index contributed by atoms with van der Waals surface area (Å²) in [5.74, 6) is 0. The molecule has 2 N–H and O–H groups in total. The van der Waals surface area contributed by atoms with Crippen LogP contribution in [-0.4, -0.2) is 19.6 Å². The number of halogens is 4. The zero-order valence-corrected chi connectivity index (χ0v) is 9.87. The van der Waals surface area contributed by atoms with Crippen molar-refractivity contribution in [1.29, 1.82) is 0 Å². The fraction of sp³-hybridized carbons (Fsp3) is 0.455. The number of piperazine rings is 1. The Morgan fingerprint density at radius 1 is 1.06 bits per heavy atom. The lowest BCUT2D eigenvalue weighted by atomic mass is 10.0. The molecule has 0 saturated carbocycles. The Labute approximate surface area is 104 Å². The highest BCUT2D eigenvalue weighted by Gasteiger charge is 2.30. The highest BCUT2D eigenvalue weighted by atomic mass is 35.5. The van der Waals surface area contributed by atoms with Crippen molar-refractivity contribution in [3.63, 3.8) is 0 Å². The Balaban J connectivity index is 0.00000144. The summed E-state index contributed by atoms with van der Waals surface area (Å²) in [6.07, 6.45) is -4.25. The van der Waals surface area contributed by atoms with Gasteiger partial charge in [0.15, 0.2) is 0 Å². The third kappa shape index (κ3) is 3.59. The summed E-state index contributed by atoms with van der Waals surface area (Å²) in [7, 11) is 0. The minimum absolute atomic E-state index is 0. The Morgan fingerprint density at radius 3 is 2.18 bits per heavy atom. The maximum absolute atomic E-state index is 12.3. The van der Waals surface area contributed by atoms with Crippen molar-refractivity contribution in [2.24, 2.45) is 0 Å². The second-order valence-electron chi connectivity index (χ2n) is 3.83. The molecule has 0 aliphatic carbocycles. The van der Waals surface area contributed by atoms with Gasteiger partial charge in [0.1, 0.15) is 0 Å². The van der Waals surface area contributed by atoms with Crippen LogP contribution in [0.15, 0.2) is 24.3 Å². The fourth-order valence-corrected chi connectivity index (χ4v) is 1.79. The summed E-state index contributed by atoms with van der Waals surface area (Å²) < 4.78 is 37.0. The molecule has 0 bridgehead atoms. The highest BCUT2D eigenvalue weighted by molar-refractivity contribution is 5.85. The van der Waals surface area contributed by atoms with E-state index in [0.29, 0.717) is 0 Å². The molecule has 96 valence electrons. The molecule has 0 amide bonds. The van der Waals surface area contributed by atoms with E-state index in [2.05, 4.69) is 10.6 Å². The van der Waals surface area contributed by atoms with Crippen LogP contribution in [0.1, 0.15) is 17.2 Å². The van der Waals surface area contributed by atoms with Crippen molar-refractivity contribution in [1.82, 2.24) is 10.6 Å². The SMILES string of the molecule is Cl.FC(F)(F)c1ccc([C@H]2CNCCN2)cc1. The van der Waals surface area contributed by atoms with Gasteiger partial charge in [-0.05, 0) is 17.7 Å². The smallest absolute Gasteiger partial charge is 0.314 e. The van der Waals surface area contributed by atoms with Crippen LogP contribution < -0.4 is 10.6 Å². The minimum Gasteiger partial charge on any atom is -0.314 e. The van der Waals surface area contributed by atoms with Crippen LogP contribution in [0.2, 0.25) is 0 Å². The fourth-order valence-electron chi connectivity index (χ4n) is 1.79. The second kappa shape index (κ2) is 5.71. The summed E-state index contributed by atoms with van der Waals surface area (Å²) in [6.45, 7) is 2.49. The monoisotopic (exact) mass is 266 g/mol. The number of alkyl halides is 3. The van der Waals surface area contributed by atoms with Gasteiger partial charge < -0.3 is 10.6 Å². The Morgan fingerprint density at radius 2 is 1.71 bits per heavy atom. The average Bonchev–Trinajstić information content (AvgIpc) is 2.29. The van der Waals surface area contributed by atoms with Crippen LogP contribution in [0, 0.1) is 0 Å². The van der Waals surface area contributed by atoms with Gasteiger partial charge in [-0.15, -0.1) is 12.4 Å². The van der Waals surface area contributed by atoms with Crippen LogP contribution in [-0.2, 0) is 6.18 Å². The summed E-state index contributed by atoms with van der Waals surface area (Å²) >= 11 is 0. The van der Waals surface area contributed by atoms with E-state index in [1.165, 1.54) is 12.1 Å². The molecule has 0 radical (unpaired) electrons. The van der Waals surface area contributed by atoms with Gasteiger partial charge in [0.25, 0.3) is 0 Å². The molecule has 1 heterocycles. The number of hydrogen-bond donors (Lipinski definition) is 2. The lowest BCUT2D eigenvalue weighted by Crippen LogP contribution is -2.42. The van der Waals surface area contributed by atoms with Crippen LogP contribution in [0.25, 0.3) is 0 Å². The number of nitrogens with one attached hydrogen (secondary N) is 2. The third-order valence-electron chi connectivity index (χ3n) is 2.68. The Bertz CT molecular complexity index is 345. The van der Waals surface area contributed by atoms with Crippen LogP contribution in [0.5, 0.6) is 0 Å². The van der Waals surface area contributed by atoms with E-state index < -0.39 is 11.7 Å². The molecule has 0 spiro atoms. The molecule has 6 heteroatoms. The quantitative estimate of drug-likeness (QED) is 0.815. The van der Waals surface area contributed by atoms with Crippen molar-refractivity contribution < 1.29 is 13.2 Å². The van der Waals surface area contributed by atoms with Crippen LogP contribution in [0.3, 0.4) is 0 Å². The average molecular weight is 267 g/mol. The van der Waals surface area contributed by atoms with E-state index in [1.54, 1.807) is 0 Å². The van der Waals surface area contributed by atoms with Gasteiger partial charge in [0.2, 0.25) is 0 Å². The number of rotatable bonds is 1. The van der Waals surface area contributed by atoms with Crippen molar-refractivity contribution in [2.75, 3.05) is 19.6 Å². The molecular weight excluding hydrogens is 253 g/mol. The Kier molecular flexibility index (Phi) is 4.80. The maximum Gasteiger partial charge on any atom is 0.416 e.